The maximum absolute atomic E-state index is 12.2. The number of anilines is 1. The fourth-order valence-electron chi connectivity index (χ4n) is 2.45. The van der Waals surface area contributed by atoms with E-state index in [0.717, 1.165) is 5.69 Å². The zero-order chi connectivity index (χ0) is 15.9. The summed E-state index contributed by atoms with van der Waals surface area (Å²) in [5.41, 5.74) is 0.850. The number of amides is 3. The summed E-state index contributed by atoms with van der Waals surface area (Å²) in [5, 5.41) is 2.89. The lowest BCUT2D eigenvalue weighted by molar-refractivity contribution is -0.117. The molecule has 0 bridgehead atoms. The van der Waals surface area contributed by atoms with Gasteiger partial charge in [-0.3, -0.25) is 4.79 Å². The fourth-order valence-corrected chi connectivity index (χ4v) is 2.85. The van der Waals surface area contributed by atoms with Crippen molar-refractivity contribution in [3.05, 3.63) is 30.3 Å². The van der Waals surface area contributed by atoms with Crippen LogP contribution in [0.2, 0.25) is 0 Å². The van der Waals surface area contributed by atoms with E-state index < -0.39 is 0 Å². The van der Waals surface area contributed by atoms with Crippen molar-refractivity contribution in [2.24, 2.45) is 0 Å². The molecule has 0 unspecified atom stereocenters. The molecule has 1 atom stereocenters. The number of rotatable bonds is 6. The summed E-state index contributed by atoms with van der Waals surface area (Å²) in [5.74, 6) is 0.714. The van der Waals surface area contributed by atoms with E-state index >= 15 is 0 Å². The van der Waals surface area contributed by atoms with E-state index in [1.165, 1.54) is 0 Å². The SMILES string of the molecule is O=C(N[C@H]1CC(=O)N(c2ccccc2)C1)N(CCCl)CCCl. The summed E-state index contributed by atoms with van der Waals surface area (Å²) in [7, 11) is 0. The molecular weight excluding hydrogens is 325 g/mol. The van der Waals surface area contributed by atoms with Crippen molar-refractivity contribution in [3.63, 3.8) is 0 Å². The van der Waals surface area contributed by atoms with Crippen LogP contribution in [0.5, 0.6) is 0 Å². The minimum atomic E-state index is -0.228. The zero-order valence-electron chi connectivity index (χ0n) is 12.2. The van der Waals surface area contributed by atoms with Gasteiger partial charge < -0.3 is 15.1 Å². The molecule has 7 heteroatoms. The van der Waals surface area contributed by atoms with Crippen LogP contribution in [0.25, 0.3) is 0 Å². The molecule has 0 aromatic heterocycles. The molecule has 1 aliphatic heterocycles. The van der Waals surface area contributed by atoms with Crippen molar-refractivity contribution in [1.29, 1.82) is 0 Å². The summed E-state index contributed by atoms with van der Waals surface area (Å²) >= 11 is 11.4. The summed E-state index contributed by atoms with van der Waals surface area (Å²) in [6.45, 7) is 1.34. The molecule has 1 fully saturated rings. The number of alkyl halides is 2. The lowest BCUT2D eigenvalue weighted by Crippen LogP contribution is -2.47. The number of nitrogens with one attached hydrogen (secondary N) is 1. The van der Waals surface area contributed by atoms with Gasteiger partial charge in [0.25, 0.3) is 0 Å². The topological polar surface area (TPSA) is 52.7 Å². The maximum Gasteiger partial charge on any atom is 0.317 e. The standard InChI is InChI=1S/C15H19Cl2N3O2/c16-6-8-19(9-7-17)15(22)18-12-10-14(21)20(11-12)13-4-2-1-3-5-13/h1-5,12H,6-11H2,(H,18,22)/t12-/m0/s1. The molecule has 1 aliphatic rings. The highest BCUT2D eigenvalue weighted by atomic mass is 35.5. The van der Waals surface area contributed by atoms with Gasteiger partial charge >= 0.3 is 6.03 Å². The van der Waals surface area contributed by atoms with Crippen molar-refractivity contribution in [3.8, 4) is 0 Å². The summed E-state index contributed by atoms with van der Waals surface area (Å²) in [6.07, 6.45) is 0.302. The normalized spacial score (nSPS) is 17.6. The lowest BCUT2D eigenvalue weighted by Gasteiger charge is -2.23. The molecule has 1 N–H and O–H groups in total. The van der Waals surface area contributed by atoms with E-state index in [-0.39, 0.29) is 18.0 Å². The van der Waals surface area contributed by atoms with Crippen molar-refractivity contribution < 1.29 is 9.59 Å². The van der Waals surface area contributed by atoms with E-state index in [9.17, 15) is 9.59 Å². The second-order valence-electron chi connectivity index (χ2n) is 5.06. The Bertz CT molecular complexity index is 507. The van der Waals surface area contributed by atoms with E-state index in [1.807, 2.05) is 30.3 Å². The molecule has 22 heavy (non-hydrogen) atoms. The van der Waals surface area contributed by atoms with Crippen LogP contribution in [0.4, 0.5) is 10.5 Å². The predicted octanol–water partition coefficient (Wildman–Crippen LogP) is 2.28. The largest absolute Gasteiger partial charge is 0.333 e. The van der Waals surface area contributed by atoms with Gasteiger partial charge in [0.1, 0.15) is 0 Å². The van der Waals surface area contributed by atoms with Crippen LogP contribution in [0.15, 0.2) is 30.3 Å². The first-order valence-electron chi connectivity index (χ1n) is 7.18. The van der Waals surface area contributed by atoms with Gasteiger partial charge in [0.15, 0.2) is 0 Å². The number of hydrogen-bond acceptors (Lipinski definition) is 2. The smallest absolute Gasteiger partial charge is 0.317 e. The van der Waals surface area contributed by atoms with E-state index in [0.29, 0.717) is 37.8 Å². The Balaban J connectivity index is 1.94. The molecule has 1 saturated heterocycles. The van der Waals surface area contributed by atoms with E-state index in [4.69, 9.17) is 23.2 Å². The molecule has 0 aliphatic carbocycles. The Morgan fingerprint density at radius 2 is 1.86 bits per heavy atom. The van der Waals surface area contributed by atoms with Crippen LogP contribution in [0.1, 0.15) is 6.42 Å². The number of hydrogen-bond donors (Lipinski definition) is 1. The Kier molecular flexibility index (Phi) is 6.34. The molecule has 1 heterocycles. The molecular formula is C15H19Cl2N3O2. The van der Waals surface area contributed by atoms with Gasteiger partial charge in [-0.25, -0.2) is 4.79 Å². The highest BCUT2D eigenvalue weighted by Gasteiger charge is 2.32. The van der Waals surface area contributed by atoms with Crippen molar-refractivity contribution in [2.45, 2.75) is 12.5 Å². The van der Waals surface area contributed by atoms with Gasteiger partial charge in [-0.1, -0.05) is 18.2 Å². The minimum absolute atomic E-state index is 0.0118. The molecule has 2 rings (SSSR count). The third-order valence-corrected chi connectivity index (χ3v) is 3.85. The first-order chi connectivity index (χ1) is 10.7. The predicted molar refractivity (Wildman–Crippen MR) is 88.7 cm³/mol. The van der Waals surface area contributed by atoms with Crippen molar-refractivity contribution >= 4 is 40.8 Å². The number of urea groups is 1. The third-order valence-electron chi connectivity index (χ3n) is 3.52. The third kappa shape index (κ3) is 4.27. The Morgan fingerprint density at radius 1 is 1.23 bits per heavy atom. The van der Waals surface area contributed by atoms with Gasteiger partial charge in [-0.05, 0) is 12.1 Å². The monoisotopic (exact) mass is 343 g/mol. The minimum Gasteiger partial charge on any atom is -0.333 e. The number of carbonyl (C=O) groups is 2. The Hall–Kier alpha value is -1.46. The first kappa shape index (κ1) is 16.9. The van der Waals surface area contributed by atoms with Crippen LogP contribution in [-0.4, -0.2) is 54.3 Å². The summed E-state index contributed by atoms with van der Waals surface area (Å²) in [6, 6.07) is 9.01. The molecule has 0 spiro atoms. The van der Waals surface area contributed by atoms with Crippen molar-refractivity contribution in [1.82, 2.24) is 10.2 Å². The van der Waals surface area contributed by atoms with Crippen LogP contribution < -0.4 is 10.2 Å². The highest BCUT2D eigenvalue weighted by Crippen LogP contribution is 2.21. The number of benzene rings is 1. The number of para-hydroxylation sites is 1. The number of nitrogens with zero attached hydrogens (tertiary/aromatic N) is 2. The number of carbonyl (C=O) groups excluding carboxylic acids is 2. The summed E-state index contributed by atoms with van der Waals surface area (Å²) < 4.78 is 0. The number of halogens is 2. The van der Waals surface area contributed by atoms with E-state index in [2.05, 4.69) is 5.32 Å². The summed E-state index contributed by atoms with van der Waals surface area (Å²) in [4.78, 5) is 27.6. The van der Waals surface area contributed by atoms with Gasteiger partial charge in [-0.2, -0.15) is 0 Å². The van der Waals surface area contributed by atoms with Gasteiger partial charge in [0.2, 0.25) is 5.91 Å². The average molecular weight is 344 g/mol. The quantitative estimate of drug-likeness (QED) is 0.805. The Labute approximate surface area is 140 Å². The van der Waals surface area contributed by atoms with Crippen LogP contribution in [-0.2, 0) is 4.79 Å². The molecule has 0 saturated carbocycles. The van der Waals surface area contributed by atoms with Gasteiger partial charge in [-0.15, -0.1) is 23.2 Å². The molecule has 120 valence electrons. The molecule has 1 aromatic rings. The van der Waals surface area contributed by atoms with Crippen molar-refractivity contribution in [2.75, 3.05) is 36.3 Å². The molecule has 3 amide bonds. The highest BCUT2D eigenvalue weighted by molar-refractivity contribution is 6.18. The lowest BCUT2D eigenvalue weighted by atomic mass is 10.2. The van der Waals surface area contributed by atoms with Crippen LogP contribution in [0.3, 0.4) is 0 Å². The molecule has 5 nitrogen and oxygen atoms in total. The van der Waals surface area contributed by atoms with Gasteiger partial charge in [0.05, 0.1) is 6.04 Å². The fraction of sp³-hybridized carbons (Fsp3) is 0.467. The van der Waals surface area contributed by atoms with Crippen LogP contribution >= 0.6 is 23.2 Å². The zero-order valence-corrected chi connectivity index (χ0v) is 13.7. The second-order valence-corrected chi connectivity index (χ2v) is 5.81. The molecule has 1 aromatic carbocycles. The van der Waals surface area contributed by atoms with E-state index in [1.54, 1.807) is 9.80 Å². The van der Waals surface area contributed by atoms with Gasteiger partial charge in [0, 0.05) is 43.5 Å². The van der Waals surface area contributed by atoms with Crippen LogP contribution in [0, 0.1) is 0 Å². The Morgan fingerprint density at radius 3 is 2.45 bits per heavy atom. The molecule has 0 radical (unpaired) electrons. The average Bonchev–Trinajstić information content (AvgIpc) is 2.88. The second kappa shape index (κ2) is 8.25. The maximum atomic E-state index is 12.2. The first-order valence-corrected chi connectivity index (χ1v) is 8.25.